The Balaban J connectivity index is 1.51. The van der Waals surface area contributed by atoms with Gasteiger partial charge in [-0.3, -0.25) is 4.79 Å². The van der Waals surface area contributed by atoms with Gasteiger partial charge in [-0.05, 0) is 101 Å². The topological polar surface area (TPSA) is 71.1 Å². The van der Waals surface area contributed by atoms with Crippen LogP contribution in [0.5, 0.6) is 5.75 Å². The molecule has 1 saturated heterocycles. The van der Waals surface area contributed by atoms with E-state index in [1.54, 1.807) is 7.05 Å². The number of hydrogen-bond acceptors (Lipinski definition) is 5. The molecule has 1 aromatic carbocycles. The fraction of sp³-hybridized carbons (Fsp3) is 0.724. The van der Waals surface area contributed by atoms with Crippen LogP contribution in [0.25, 0.3) is 0 Å². The highest BCUT2D eigenvalue weighted by molar-refractivity contribution is 5.90. The van der Waals surface area contributed by atoms with Crippen LogP contribution >= 0.6 is 0 Å². The predicted octanol–water partition coefficient (Wildman–Crippen LogP) is 4.72. The van der Waals surface area contributed by atoms with Crippen LogP contribution in [0.2, 0.25) is 0 Å². The summed E-state index contributed by atoms with van der Waals surface area (Å²) in [6.45, 7) is 11.8. The lowest BCUT2D eigenvalue weighted by Crippen LogP contribution is -2.57. The average Bonchev–Trinajstić information content (AvgIpc) is 2.87. The smallest absolute Gasteiger partial charge is 0.406 e. The zero-order chi connectivity index (χ0) is 25.9. The molecule has 1 saturated carbocycles. The van der Waals surface area contributed by atoms with E-state index < -0.39 is 11.5 Å². The van der Waals surface area contributed by atoms with Crippen molar-refractivity contribution in [2.75, 3.05) is 33.3 Å². The number of alkyl carbamates (subject to hydrolysis) is 1. The van der Waals surface area contributed by atoms with Gasteiger partial charge in [-0.15, -0.1) is 0 Å². The highest BCUT2D eigenvalue weighted by Gasteiger charge is 2.49. The Morgan fingerprint density at radius 1 is 1.11 bits per heavy atom. The maximum absolute atomic E-state index is 14.0. The third-order valence-corrected chi connectivity index (χ3v) is 8.67. The number of rotatable bonds is 7. The summed E-state index contributed by atoms with van der Waals surface area (Å²) in [5, 5.41) is 2.47. The standard InChI is InChI=1S/C29H45N3O4/c1-20(2)22-6-8-24(9-7-22)31-14-12-29(13-15-31)26-11-10-25(36-21(3)4)18-23(26)19-32(27(29)33)16-17-35-28(34)30-5/h10-11,18,20-22,24H,6-9,12-17,19H2,1-5H3,(H,30,34)/t22-,24+. The van der Waals surface area contributed by atoms with E-state index >= 15 is 0 Å². The summed E-state index contributed by atoms with van der Waals surface area (Å²) < 4.78 is 11.2. The molecule has 200 valence electrons. The Bertz CT molecular complexity index is 915. The number of likely N-dealkylation sites (tertiary alicyclic amines) is 1. The van der Waals surface area contributed by atoms with Gasteiger partial charge in [0.2, 0.25) is 5.91 Å². The van der Waals surface area contributed by atoms with E-state index in [1.165, 1.54) is 25.7 Å². The predicted molar refractivity (Wildman–Crippen MR) is 141 cm³/mol. The zero-order valence-corrected chi connectivity index (χ0v) is 22.8. The highest BCUT2D eigenvalue weighted by atomic mass is 16.5. The largest absolute Gasteiger partial charge is 0.491 e. The number of carbonyl (C=O) groups is 2. The molecule has 1 N–H and O–H groups in total. The summed E-state index contributed by atoms with van der Waals surface area (Å²) in [6, 6.07) is 6.91. The Hall–Kier alpha value is -2.28. The molecule has 2 amide bonds. The number of piperidine rings is 1. The fourth-order valence-electron chi connectivity index (χ4n) is 6.60. The van der Waals surface area contributed by atoms with Crippen molar-refractivity contribution in [3.05, 3.63) is 29.3 Å². The summed E-state index contributed by atoms with van der Waals surface area (Å²) in [4.78, 5) is 30.1. The van der Waals surface area contributed by atoms with E-state index in [2.05, 4.69) is 36.2 Å². The molecule has 2 aliphatic heterocycles. The molecule has 0 atom stereocenters. The minimum absolute atomic E-state index is 0.0910. The molecule has 0 bridgehead atoms. The first kappa shape index (κ1) is 26.8. The van der Waals surface area contributed by atoms with Crippen molar-refractivity contribution in [3.63, 3.8) is 0 Å². The van der Waals surface area contributed by atoms with Gasteiger partial charge in [0.15, 0.2) is 0 Å². The molecule has 2 heterocycles. The molecule has 3 aliphatic rings. The number of amides is 2. The van der Waals surface area contributed by atoms with Crippen molar-refractivity contribution in [2.24, 2.45) is 11.8 Å². The molecular weight excluding hydrogens is 454 g/mol. The normalized spacial score (nSPS) is 24.2. The van der Waals surface area contributed by atoms with E-state index in [0.717, 1.165) is 54.6 Å². The van der Waals surface area contributed by atoms with Crippen LogP contribution in [0.1, 0.15) is 77.3 Å². The Morgan fingerprint density at radius 3 is 2.42 bits per heavy atom. The lowest BCUT2D eigenvalue weighted by Gasteiger charge is -2.49. The fourth-order valence-corrected chi connectivity index (χ4v) is 6.60. The number of hydrogen-bond donors (Lipinski definition) is 1. The SMILES string of the molecule is CNC(=O)OCCN1Cc2cc(OC(C)C)ccc2C2(CCN([C@H]3CC[C@@H](C(C)C)CC3)CC2)C1=O. The van der Waals surface area contributed by atoms with Gasteiger partial charge in [0.1, 0.15) is 12.4 Å². The van der Waals surface area contributed by atoms with Gasteiger partial charge in [-0.2, -0.15) is 0 Å². The summed E-state index contributed by atoms with van der Waals surface area (Å²) >= 11 is 0. The number of ether oxygens (including phenoxy) is 2. The quantitative estimate of drug-likeness (QED) is 0.588. The van der Waals surface area contributed by atoms with Crippen LogP contribution < -0.4 is 10.1 Å². The zero-order valence-electron chi connectivity index (χ0n) is 22.8. The Labute approximate surface area is 216 Å². The van der Waals surface area contributed by atoms with Gasteiger partial charge in [0, 0.05) is 19.6 Å². The molecule has 7 nitrogen and oxygen atoms in total. The van der Waals surface area contributed by atoms with Gasteiger partial charge in [-0.1, -0.05) is 19.9 Å². The first-order chi connectivity index (χ1) is 17.2. The second-order valence-electron chi connectivity index (χ2n) is 11.5. The van der Waals surface area contributed by atoms with Crippen LogP contribution in [-0.2, 0) is 21.5 Å². The molecule has 4 rings (SSSR count). The molecule has 0 aromatic heterocycles. The van der Waals surface area contributed by atoms with E-state index in [9.17, 15) is 9.59 Å². The van der Waals surface area contributed by atoms with Crippen LogP contribution in [0.15, 0.2) is 18.2 Å². The van der Waals surface area contributed by atoms with Crippen LogP contribution in [0, 0.1) is 11.8 Å². The molecule has 1 aliphatic carbocycles. The number of nitrogens with one attached hydrogen (secondary N) is 1. The van der Waals surface area contributed by atoms with E-state index in [-0.39, 0.29) is 18.6 Å². The molecule has 1 spiro atoms. The van der Waals surface area contributed by atoms with Gasteiger partial charge >= 0.3 is 6.09 Å². The minimum atomic E-state index is -0.511. The summed E-state index contributed by atoms with van der Waals surface area (Å²) in [6.07, 6.45) is 6.49. The molecule has 0 unspecified atom stereocenters. The highest BCUT2D eigenvalue weighted by Crippen LogP contribution is 2.45. The lowest BCUT2D eigenvalue weighted by atomic mass is 9.67. The van der Waals surface area contributed by atoms with Crippen molar-refractivity contribution in [2.45, 2.75) is 90.3 Å². The second-order valence-corrected chi connectivity index (χ2v) is 11.5. The summed E-state index contributed by atoms with van der Waals surface area (Å²) in [7, 11) is 1.54. The Kier molecular flexibility index (Phi) is 8.48. The van der Waals surface area contributed by atoms with Crippen molar-refractivity contribution in [1.29, 1.82) is 0 Å². The number of nitrogens with zero attached hydrogens (tertiary/aromatic N) is 2. The van der Waals surface area contributed by atoms with Crippen molar-refractivity contribution in [1.82, 2.24) is 15.1 Å². The van der Waals surface area contributed by atoms with E-state index in [0.29, 0.717) is 19.1 Å². The number of benzene rings is 1. The molecule has 1 aromatic rings. The van der Waals surface area contributed by atoms with E-state index in [1.807, 2.05) is 24.8 Å². The third kappa shape index (κ3) is 5.66. The Morgan fingerprint density at radius 2 is 1.81 bits per heavy atom. The van der Waals surface area contributed by atoms with Crippen molar-refractivity contribution < 1.29 is 19.1 Å². The molecular formula is C29H45N3O4. The third-order valence-electron chi connectivity index (χ3n) is 8.67. The molecule has 36 heavy (non-hydrogen) atoms. The van der Waals surface area contributed by atoms with Gasteiger partial charge < -0.3 is 24.6 Å². The van der Waals surface area contributed by atoms with Crippen LogP contribution in [0.4, 0.5) is 4.79 Å². The second kappa shape index (κ2) is 11.4. The molecule has 2 fully saturated rings. The summed E-state index contributed by atoms with van der Waals surface area (Å²) in [5.74, 6) is 2.65. The van der Waals surface area contributed by atoms with Crippen molar-refractivity contribution >= 4 is 12.0 Å². The van der Waals surface area contributed by atoms with E-state index in [4.69, 9.17) is 9.47 Å². The number of fused-ring (bicyclic) bond motifs is 2. The lowest BCUT2D eigenvalue weighted by molar-refractivity contribution is -0.142. The first-order valence-electron chi connectivity index (χ1n) is 13.9. The van der Waals surface area contributed by atoms with Gasteiger partial charge in [0.05, 0.1) is 18.1 Å². The number of carbonyl (C=O) groups excluding carboxylic acids is 2. The monoisotopic (exact) mass is 499 g/mol. The van der Waals surface area contributed by atoms with Gasteiger partial charge in [-0.25, -0.2) is 4.79 Å². The minimum Gasteiger partial charge on any atom is -0.491 e. The maximum atomic E-state index is 14.0. The molecule has 0 radical (unpaired) electrons. The van der Waals surface area contributed by atoms with Crippen LogP contribution in [-0.4, -0.2) is 67.2 Å². The van der Waals surface area contributed by atoms with Gasteiger partial charge in [0.25, 0.3) is 0 Å². The summed E-state index contributed by atoms with van der Waals surface area (Å²) in [5.41, 5.74) is 1.80. The average molecular weight is 500 g/mol. The molecule has 7 heteroatoms. The van der Waals surface area contributed by atoms with Crippen LogP contribution in [0.3, 0.4) is 0 Å². The maximum Gasteiger partial charge on any atom is 0.406 e. The first-order valence-corrected chi connectivity index (χ1v) is 13.9. The van der Waals surface area contributed by atoms with Crippen molar-refractivity contribution in [3.8, 4) is 5.75 Å².